The molecule has 0 aliphatic rings. The average Bonchev–Trinajstić information content (AvgIpc) is 2.31. The standard InChI is InChI=1S/C16H28N2/c1-5-6-14-7-9-15(10-8-14)11-18(4)13-16(2,3)12-17/h7-10H,5-6,11-13,17H2,1-4H3. The first-order valence-electron chi connectivity index (χ1n) is 6.93. The van der Waals surface area contributed by atoms with Crippen LogP contribution < -0.4 is 5.73 Å². The van der Waals surface area contributed by atoms with Gasteiger partial charge in [0.25, 0.3) is 0 Å². The molecule has 1 aromatic rings. The molecule has 18 heavy (non-hydrogen) atoms. The summed E-state index contributed by atoms with van der Waals surface area (Å²) in [5, 5.41) is 0. The molecule has 1 rings (SSSR count). The van der Waals surface area contributed by atoms with E-state index in [0.29, 0.717) is 0 Å². The molecule has 0 amide bonds. The highest BCUT2D eigenvalue weighted by Gasteiger charge is 2.17. The van der Waals surface area contributed by atoms with Crippen LogP contribution in [0, 0.1) is 5.41 Å². The zero-order chi connectivity index (χ0) is 13.6. The van der Waals surface area contributed by atoms with Crippen LogP contribution in [0.3, 0.4) is 0 Å². The van der Waals surface area contributed by atoms with Crippen LogP contribution >= 0.6 is 0 Å². The summed E-state index contributed by atoms with van der Waals surface area (Å²) in [7, 11) is 2.16. The molecule has 0 bridgehead atoms. The van der Waals surface area contributed by atoms with Gasteiger partial charge in [0.15, 0.2) is 0 Å². The topological polar surface area (TPSA) is 29.3 Å². The largest absolute Gasteiger partial charge is 0.330 e. The molecule has 2 heteroatoms. The van der Waals surface area contributed by atoms with Gasteiger partial charge in [0.1, 0.15) is 0 Å². The number of aryl methyl sites for hydroxylation is 1. The van der Waals surface area contributed by atoms with Gasteiger partial charge in [0, 0.05) is 13.1 Å². The molecule has 0 spiro atoms. The minimum absolute atomic E-state index is 0.191. The molecule has 0 saturated heterocycles. The Hall–Kier alpha value is -0.860. The van der Waals surface area contributed by atoms with E-state index in [2.05, 4.69) is 57.0 Å². The minimum atomic E-state index is 0.191. The first-order chi connectivity index (χ1) is 8.46. The highest BCUT2D eigenvalue weighted by Crippen LogP contribution is 2.16. The van der Waals surface area contributed by atoms with Crippen LogP contribution in [0.5, 0.6) is 0 Å². The summed E-state index contributed by atoms with van der Waals surface area (Å²) in [5.41, 5.74) is 8.78. The van der Waals surface area contributed by atoms with E-state index >= 15 is 0 Å². The Morgan fingerprint density at radius 1 is 1.11 bits per heavy atom. The number of nitrogens with two attached hydrogens (primary N) is 1. The van der Waals surface area contributed by atoms with Crippen LogP contribution in [0.25, 0.3) is 0 Å². The fourth-order valence-corrected chi connectivity index (χ4v) is 2.26. The highest BCUT2D eigenvalue weighted by atomic mass is 15.1. The summed E-state index contributed by atoms with van der Waals surface area (Å²) in [6.45, 7) is 9.40. The smallest absolute Gasteiger partial charge is 0.0230 e. The Balaban J connectivity index is 2.51. The van der Waals surface area contributed by atoms with Crippen LogP contribution in [-0.2, 0) is 13.0 Å². The maximum absolute atomic E-state index is 5.77. The van der Waals surface area contributed by atoms with Gasteiger partial charge in [-0.2, -0.15) is 0 Å². The van der Waals surface area contributed by atoms with Gasteiger partial charge in [0.05, 0.1) is 0 Å². The fraction of sp³-hybridized carbons (Fsp3) is 0.625. The van der Waals surface area contributed by atoms with Gasteiger partial charge >= 0.3 is 0 Å². The van der Waals surface area contributed by atoms with Crippen molar-refractivity contribution in [2.75, 3.05) is 20.1 Å². The molecule has 0 fully saturated rings. The van der Waals surface area contributed by atoms with Gasteiger partial charge in [-0.3, -0.25) is 0 Å². The lowest BCUT2D eigenvalue weighted by molar-refractivity contribution is 0.210. The van der Waals surface area contributed by atoms with Gasteiger partial charge in [-0.15, -0.1) is 0 Å². The van der Waals surface area contributed by atoms with Crippen molar-refractivity contribution in [3.63, 3.8) is 0 Å². The van der Waals surface area contributed by atoms with Crippen molar-refractivity contribution in [3.8, 4) is 0 Å². The van der Waals surface area contributed by atoms with E-state index in [1.54, 1.807) is 0 Å². The Kier molecular flexibility index (Phi) is 5.83. The Morgan fingerprint density at radius 3 is 2.17 bits per heavy atom. The zero-order valence-electron chi connectivity index (χ0n) is 12.4. The van der Waals surface area contributed by atoms with E-state index in [1.165, 1.54) is 24.0 Å². The number of rotatable bonds is 7. The molecule has 0 radical (unpaired) electrons. The lowest BCUT2D eigenvalue weighted by Gasteiger charge is -2.29. The molecule has 0 saturated carbocycles. The molecule has 0 aliphatic heterocycles. The quantitative estimate of drug-likeness (QED) is 0.803. The van der Waals surface area contributed by atoms with Gasteiger partial charge in [0.2, 0.25) is 0 Å². The van der Waals surface area contributed by atoms with Crippen molar-refractivity contribution in [1.82, 2.24) is 4.90 Å². The summed E-state index contributed by atoms with van der Waals surface area (Å²) in [4.78, 5) is 2.35. The maximum atomic E-state index is 5.77. The van der Waals surface area contributed by atoms with Crippen LogP contribution in [0.2, 0.25) is 0 Å². The van der Waals surface area contributed by atoms with Gasteiger partial charge in [-0.05, 0) is 36.6 Å². The van der Waals surface area contributed by atoms with Gasteiger partial charge in [-0.1, -0.05) is 51.5 Å². The Labute approximate surface area is 112 Å². The molecule has 102 valence electrons. The van der Waals surface area contributed by atoms with E-state index in [4.69, 9.17) is 5.73 Å². The van der Waals surface area contributed by atoms with E-state index in [0.717, 1.165) is 19.6 Å². The molecule has 0 atom stereocenters. The lowest BCUT2D eigenvalue weighted by atomic mass is 9.93. The molecule has 1 aromatic carbocycles. The van der Waals surface area contributed by atoms with Crippen LogP contribution in [0.1, 0.15) is 38.3 Å². The number of hydrogen-bond acceptors (Lipinski definition) is 2. The predicted octanol–water partition coefficient (Wildman–Crippen LogP) is 3.06. The maximum Gasteiger partial charge on any atom is 0.0230 e. The minimum Gasteiger partial charge on any atom is -0.330 e. The lowest BCUT2D eigenvalue weighted by Crippen LogP contribution is -2.36. The van der Waals surface area contributed by atoms with Gasteiger partial charge < -0.3 is 10.6 Å². The third-order valence-electron chi connectivity index (χ3n) is 3.26. The number of benzene rings is 1. The second kappa shape index (κ2) is 6.91. The SMILES string of the molecule is CCCc1ccc(CN(C)CC(C)(C)CN)cc1. The third kappa shape index (κ3) is 5.19. The van der Waals surface area contributed by atoms with Crippen molar-refractivity contribution >= 4 is 0 Å². The summed E-state index contributed by atoms with van der Waals surface area (Å²) in [5.74, 6) is 0. The van der Waals surface area contributed by atoms with E-state index in [1.807, 2.05) is 0 Å². The summed E-state index contributed by atoms with van der Waals surface area (Å²) in [6, 6.07) is 9.00. The monoisotopic (exact) mass is 248 g/mol. The van der Waals surface area contributed by atoms with Crippen molar-refractivity contribution in [3.05, 3.63) is 35.4 Å². The fourth-order valence-electron chi connectivity index (χ4n) is 2.26. The summed E-state index contributed by atoms with van der Waals surface area (Å²) >= 11 is 0. The Morgan fingerprint density at radius 2 is 1.67 bits per heavy atom. The van der Waals surface area contributed by atoms with Crippen molar-refractivity contribution < 1.29 is 0 Å². The highest BCUT2D eigenvalue weighted by molar-refractivity contribution is 5.22. The van der Waals surface area contributed by atoms with E-state index in [-0.39, 0.29) is 5.41 Å². The molecule has 0 unspecified atom stereocenters. The summed E-state index contributed by atoms with van der Waals surface area (Å²) in [6.07, 6.45) is 2.39. The zero-order valence-corrected chi connectivity index (χ0v) is 12.4. The van der Waals surface area contributed by atoms with E-state index < -0.39 is 0 Å². The van der Waals surface area contributed by atoms with E-state index in [9.17, 15) is 0 Å². The number of nitrogens with zero attached hydrogens (tertiary/aromatic N) is 1. The number of hydrogen-bond donors (Lipinski definition) is 1. The first-order valence-corrected chi connectivity index (χ1v) is 6.93. The van der Waals surface area contributed by atoms with Crippen LogP contribution in [-0.4, -0.2) is 25.0 Å². The molecule has 0 aromatic heterocycles. The van der Waals surface area contributed by atoms with Crippen molar-refractivity contribution in [2.45, 2.75) is 40.2 Å². The normalized spacial score (nSPS) is 12.1. The molecular weight excluding hydrogens is 220 g/mol. The Bertz CT molecular complexity index is 341. The molecule has 0 aliphatic carbocycles. The molecular formula is C16H28N2. The second-order valence-corrected chi connectivity index (χ2v) is 6.11. The van der Waals surface area contributed by atoms with Crippen LogP contribution in [0.4, 0.5) is 0 Å². The average molecular weight is 248 g/mol. The van der Waals surface area contributed by atoms with Crippen molar-refractivity contribution in [2.24, 2.45) is 11.1 Å². The first kappa shape index (κ1) is 15.2. The molecule has 0 heterocycles. The van der Waals surface area contributed by atoms with Gasteiger partial charge in [-0.25, -0.2) is 0 Å². The third-order valence-corrected chi connectivity index (χ3v) is 3.26. The second-order valence-electron chi connectivity index (χ2n) is 6.11. The molecule has 2 N–H and O–H groups in total. The molecule has 2 nitrogen and oxygen atoms in total. The van der Waals surface area contributed by atoms with Crippen LogP contribution in [0.15, 0.2) is 24.3 Å². The predicted molar refractivity (Wildman–Crippen MR) is 79.6 cm³/mol. The van der Waals surface area contributed by atoms with Crippen molar-refractivity contribution in [1.29, 1.82) is 0 Å². The summed E-state index contributed by atoms with van der Waals surface area (Å²) < 4.78 is 0.